The molecule has 0 bridgehead atoms. The van der Waals surface area contributed by atoms with Gasteiger partial charge in [0, 0.05) is 13.1 Å². The van der Waals surface area contributed by atoms with E-state index < -0.39 is 0 Å². The van der Waals surface area contributed by atoms with E-state index in [4.69, 9.17) is 23.2 Å². The highest BCUT2D eigenvalue weighted by Crippen LogP contribution is 2.23. The molecule has 0 amide bonds. The fourth-order valence-electron chi connectivity index (χ4n) is 2.33. The van der Waals surface area contributed by atoms with Gasteiger partial charge in [-0.15, -0.1) is 0 Å². The van der Waals surface area contributed by atoms with Gasteiger partial charge in [-0.2, -0.15) is 0 Å². The second-order valence-corrected chi connectivity index (χ2v) is 5.61. The number of hydrogen-bond acceptors (Lipinski definition) is 2. The topological polar surface area (TPSA) is 15.3 Å². The van der Waals surface area contributed by atoms with Gasteiger partial charge in [-0.3, -0.25) is 0 Å². The van der Waals surface area contributed by atoms with Crippen molar-refractivity contribution in [2.75, 3.05) is 32.7 Å². The van der Waals surface area contributed by atoms with Crippen molar-refractivity contribution in [3.8, 4) is 0 Å². The van der Waals surface area contributed by atoms with E-state index in [0.29, 0.717) is 10.0 Å². The second-order valence-electron chi connectivity index (χ2n) is 4.80. The van der Waals surface area contributed by atoms with Crippen molar-refractivity contribution in [3.05, 3.63) is 33.8 Å². The quantitative estimate of drug-likeness (QED) is 0.914. The third-order valence-corrected chi connectivity index (χ3v) is 4.10. The lowest BCUT2D eigenvalue weighted by Gasteiger charge is -2.19. The van der Waals surface area contributed by atoms with Crippen LogP contribution in [-0.2, 0) is 6.42 Å². The molecule has 2 nitrogen and oxygen atoms in total. The lowest BCUT2D eigenvalue weighted by atomic mass is 10.1. The molecule has 4 heteroatoms. The molecule has 1 aromatic rings. The highest BCUT2D eigenvalue weighted by Gasteiger charge is 2.08. The number of halogens is 2. The standard InChI is InChI=1S/C14H20Cl2N2/c15-13-5-4-12(11-14(13)16)3-1-8-18-9-2-6-17-7-10-18/h4-5,11,17H,1-3,6-10H2. The zero-order valence-electron chi connectivity index (χ0n) is 10.6. The number of rotatable bonds is 4. The summed E-state index contributed by atoms with van der Waals surface area (Å²) in [4.78, 5) is 2.54. The molecule has 0 atom stereocenters. The Bertz CT molecular complexity index is 374. The highest BCUT2D eigenvalue weighted by molar-refractivity contribution is 6.42. The summed E-state index contributed by atoms with van der Waals surface area (Å²) in [5.74, 6) is 0. The summed E-state index contributed by atoms with van der Waals surface area (Å²) in [7, 11) is 0. The molecule has 1 fully saturated rings. The summed E-state index contributed by atoms with van der Waals surface area (Å²) in [5.41, 5.74) is 1.28. The molecule has 1 aromatic carbocycles. The Kier molecular flexibility index (Phi) is 5.77. The SMILES string of the molecule is Clc1ccc(CCCN2CCCNCC2)cc1Cl. The van der Waals surface area contributed by atoms with Crippen molar-refractivity contribution < 1.29 is 0 Å². The van der Waals surface area contributed by atoms with Crippen LogP contribution in [0.3, 0.4) is 0 Å². The van der Waals surface area contributed by atoms with Crippen molar-refractivity contribution in [3.63, 3.8) is 0 Å². The molecule has 100 valence electrons. The van der Waals surface area contributed by atoms with Crippen LogP contribution in [0.25, 0.3) is 0 Å². The van der Waals surface area contributed by atoms with Crippen LogP contribution < -0.4 is 5.32 Å². The Labute approximate surface area is 119 Å². The summed E-state index contributed by atoms with van der Waals surface area (Å²) < 4.78 is 0. The zero-order valence-corrected chi connectivity index (χ0v) is 12.1. The maximum Gasteiger partial charge on any atom is 0.0595 e. The van der Waals surface area contributed by atoms with Crippen LogP contribution >= 0.6 is 23.2 Å². The lowest BCUT2D eigenvalue weighted by Crippen LogP contribution is -2.29. The molecule has 0 aliphatic carbocycles. The summed E-state index contributed by atoms with van der Waals surface area (Å²) in [6.07, 6.45) is 3.51. The second kappa shape index (κ2) is 7.34. The molecule has 2 rings (SSSR count). The van der Waals surface area contributed by atoms with E-state index in [0.717, 1.165) is 19.5 Å². The van der Waals surface area contributed by atoms with Gasteiger partial charge in [0.2, 0.25) is 0 Å². The molecule has 1 saturated heterocycles. The molecule has 18 heavy (non-hydrogen) atoms. The van der Waals surface area contributed by atoms with Crippen LogP contribution in [0.15, 0.2) is 18.2 Å². The maximum atomic E-state index is 6.01. The largest absolute Gasteiger partial charge is 0.315 e. The van der Waals surface area contributed by atoms with Crippen LogP contribution in [0.5, 0.6) is 0 Å². The Hall–Kier alpha value is -0.280. The minimum Gasteiger partial charge on any atom is -0.315 e. The van der Waals surface area contributed by atoms with Crippen molar-refractivity contribution in [1.82, 2.24) is 10.2 Å². The van der Waals surface area contributed by atoms with Crippen LogP contribution in [0.1, 0.15) is 18.4 Å². The number of hydrogen-bond donors (Lipinski definition) is 1. The smallest absolute Gasteiger partial charge is 0.0595 e. The molecule has 0 saturated carbocycles. The molecule has 0 radical (unpaired) electrons. The van der Waals surface area contributed by atoms with E-state index in [1.165, 1.54) is 38.0 Å². The van der Waals surface area contributed by atoms with E-state index in [2.05, 4.69) is 16.3 Å². The average Bonchev–Trinajstić information content (AvgIpc) is 2.62. The molecule has 1 N–H and O–H groups in total. The first-order valence-corrected chi connectivity index (χ1v) is 7.38. The fourth-order valence-corrected chi connectivity index (χ4v) is 2.65. The Morgan fingerprint density at radius 3 is 2.83 bits per heavy atom. The molecule has 0 spiro atoms. The molecular formula is C14H20Cl2N2. The van der Waals surface area contributed by atoms with E-state index >= 15 is 0 Å². The minimum atomic E-state index is 0.638. The monoisotopic (exact) mass is 286 g/mol. The molecular weight excluding hydrogens is 267 g/mol. The highest BCUT2D eigenvalue weighted by atomic mass is 35.5. The van der Waals surface area contributed by atoms with E-state index in [9.17, 15) is 0 Å². The third-order valence-electron chi connectivity index (χ3n) is 3.36. The first-order valence-electron chi connectivity index (χ1n) is 6.63. The number of nitrogens with one attached hydrogen (secondary N) is 1. The first kappa shape index (κ1) is 14.1. The molecule has 0 aromatic heterocycles. The third kappa shape index (κ3) is 4.43. The van der Waals surface area contributed by atoms with Gasteiger partial charge in [0.15, 0.2) is 0 Å². The van der Waals surface area contributed by atoms with E-state index in [-0.39, 0.29) is 0 Å². The van der Waals surface area contributed by atoms with Gasteiger partial charge in [-0.25, -0.2) is 0 Å². The van der Waals surface area contributed by atoms with E-state index in [1.54, 1.807) is 0 Å². The van der Waals surface area contributed by atoms with Crippen molar-refractivity contribution >= 4 is 23.2 Å². The predicted molar refractivity (Wildman–Crippen MR) is 78.7 cm³/mol. The maximum absolute atomic E-state index is 6.01. The van der Waals surface area contributed by atoms with Crippen LogP contribution in [0.2, 0.25) is 10.0 Å². The minimum absolute atomic E-state index is 0.638. The lowest BCUT2D eigenvalue weighted by molar-refractivity contribution is 0.289. The molecule has 0 unspecified atom stereocenters. The summed E-state index contributed by atoms with van der Waals surface area (Å²) >= 11 is 11.9. The van der Waals surface area contributed by atoms with Gasteiger partial charge in [-0.1, -0.05) is 29.3 Å². The van der Waals surface area contributed by atoms with Crippen molar-refractivity contribution in [2.45, 2.75) is 19.3 Å². The zero-order chi connectivity index (χ0) is 12.8. The Balaban J connectivity index is 1.75. The molecule has 1 aliphatic heterocycles. The Morgan fingerprint density at radius 1 is 1.11 bits per heavy atom. The van der Waals surface area contributed by atoms with Gasteiger partial charge in [0.1, 0.15) is 0 Å². The van der Waals surface area contributed by atoms with Gasteiger partial charge < -0.3 is 10.2 Å². The number of benzene rings is 1. The van der Waals surface area contributed by atoms with E-state index in [1.807, 2.05) is 12.1 Å². The van der Waals surface area contributed by atoms with Crippen LogP contribution in [0.4, 0.5) is 0 Å². The van der Waals surface area contributed by atoms with Crippen LogP contribution in [0, 0.1) is 0 Å². The van der Waals surface area contributed by atoms with Gasteiger partial charge in [-0.05, 0) is 56.6 Å². The number of aryl methyl sites for hydroxylation is 1. The van der Waals surface area contributed by atoms with Gasteiger partial charge in [0.25, 0.3) is 0 Å². The first-order chi connectivity index (χ1) is 8.75. The molecule has 1 aliphatic rings. The fraction of sp³-hybridized carbons (Fsp3) is 0.571. The summed E-state index contributed by atoms with van der Waals surface area (Å²) in [6.45, 7) is 5.83. The predicted octanol–water partition coefficient (Wildman–Crippen LogP) is 3.22. The number of nitrogens with zero attached hydrogens (tertiary/aromatic N) is 1. The summed E-state index contributed by atoms with van der Waals surface area (Å²) in [5, 5.41) is 4.72. The van der Waals surface area contributed by atoms with Gasteiger partial charge in [0.05, 0.1) is 10.0 Å². The summed E-state index contributed by atoms with van der Waals surface area (Å²) in [6, 6.07) is 5.93. The van der Waals surface area contributed by atoms with Crippen molar-refractivity contribution in [2.24, 2.45) is 0 Å². The molecule has 1 heterocycles. The normalized spacial score (nSPS) is 17.7. The Morgan fingerprint density at radius 2 is 2.00 bits per heavy atom. The van der Waals surface area contributed by atoms with Gasteiger partial charge >= 0.3 is 0 Å². The van der Waals surface area contributed by atoms with Crippen LogP contribution in [-0.4, -0.2) is 37.6 Å². The average molecular weight is 287 g/mol. The van der Waals surface area contributed by atoms with Crippen molar-refractivity contribution in [1.29, 1.82) is 0 Å².